The van der Waals surface area contributed by atoms with Gasteiger partial charge in [-0.3, -0.25) is 9.59 Å². The summed E-state index contributed by atoms with van der Waals surface area (Å²) in [6, 6.07) is 9.58. The Morgan fingerprint density at radius 1 is 0.792 bits per heavy atom. The Morgan fingerprint density at radius 2 is 1.29 bits per heavy atom. The summed E-state index contributed by atoms with van der Waals surface area (Å²) < 4.78 is 0. The number of allylic oxidation sites excluding steroid dienone is 4. The topological polar surface area (TPSA) is 74.6 Å². The van der Waals surface area contributed by atoms with Gasteiger partial charge in [0.15, 0.2) is 11.6 Å². The quantitative estimate of drug-likeness (QED) is 0.878. The number of aliphatic hydroxyl groups excluding tert-OH is 2. The van der Waals surface area contributed by atoms with Crippen molar-refractivity contribution >= 4 is 11.6 Å². The number of Topliss-reactive ketones (excluding diaryl/α,β-unsaturated/α-hetero) is 2. The highest BCUT2D eigenvalue weighted by Gasteiger charge is 2.36. The predicted octanol–water partition coefficient (Wildman–Crippen LogP) is 3.98. The van der Waals surface area contributed by atoms with Crippen molar-refractivity contribution in [3.63, 3.8) is 0 Å². The molecule has 2 N–H and O–H groups in total. The molecule has 0 atom stereocenters. The SMILES string of the molecule is O=C1CCCC(O)=C1C(Cc1ccccc1)C1=C(O)CCCC1=O. The number of hydrogen-bond acceptors (Lipinski definition) is 4. The van der Waals surface area contributed by atoms with E-state index in [1.165, 1.54) is 0 Å². The molecule has 0 saturated carbocycles. The molecule has 4 nitrogen and oxygen atoms in total. The molecule has 1 aromatic rings. The number of rotatable bonds is 4. The molecule has 0 unspecified atom stereocenters. The zero-order chi connectivity index (χ0) is 17.1. The summed E-state index contributed by atoms with van der Waals surface area (Å²) in [6.45, 7) is 0. The van der Waals surface area contributed by atoms with Crippen LogP contribution >= 0.6 is 0 Å². The van der Waals surface area contributed by atoms with E-state index in [0.29, 0.717) is 56.1 Å². The lowest BCUT2D eigenvalue weighted by Gasteiger charge is -2.28. The predicted molar refractivity (Wildman–Crippen MR) is 90.7 cm³/mol. The number of carbonyl (C=O) groups is 2. The van der Waals surface area contributed by atoms with Gasteiger partial charge in [-0.25, -0.2) is 0 Å². The fraction of sp³-hybridized carbons (Fsp3) is 0.400. The summed E-state index contributed by atoms with van der Waals surface area (Å²) in [5.41, 5.74) is 1.61. The molecule has 2 aliphatic rings. The Labute approximate surface area is 141 Å². The first-order chi connectivity index (χ1) is 11.6. The van der Waals surface area contributed by atoms with Gasteiger partial charge in [0.05, 0.1) is 11.5 Å². The molecule has 0 spiro atoms. The number of aliphatic hydroxyl groups is 2. The van der Waals surface area contributed by atoms with Crippen LogP contribution in [0.4, 0.5) is 0 Å². The molecule has 0 heterocycles. The van der Waals surface area contributed by atoms with Gasteiger partial charge in [0.25, 0.3) is 0 Å². The normalized spacial score (nSPS) is 19.4. The fourth-order valence-corrected chi connectivity index (χ4v) is 3.68. The lowest BCUT2D eigenvalue weighted by atomic mass is 9.75. The number of benzene rings is 1. The molecule has 0 bridgehead atoms. The molecule has 2 aliphatic carbocycles. The van der Waals surface area contributed by atoms with Crippen molar-refractivity contribution in [1.29, 1.82) is 0 Å². The van der Waals surface area contributed by atoms with Gasteiger partial charge in [-0.2, -0.15) is 0 Å². The molecule has 126 valence electrons. The van der Waals surface area contributed by atoms with E-state index >= 15 is 0 Å². The van der Waals surface area contributed by atoms with Crippen molar-refractivity contribution in [3.05, 3.63) is 58.6 Å². The second kappa shape index (κ2) is 7.04. The molecular weight excluding hydrogens is 304 g/mol. The van der Waals surface area contributed by atoms with Gasteiger partial charge in [-0.05, 0) is 24.8 Å². The van der Waals surface area contributed by atoms with E-state index in [9.17, 15) is 19.8 Å². The van der Waals surface area contributed by atoms with Crippen molar-refractivity contribution in [3.8, 4) is 0 Å². The van der Waals surface area contributed by atoms with Gasteiger partial charge in [-0.15, -0.1) is 0 Å². The molecule has 0 amide bonds. The molecule has 4 heteroatoms. The van der Waals surface area contributed by atoms with Gasteiger partial charge in [0, 0.05) is 42.7 Å². The highest BCUT2D eigenvalue weighted by Crippen LogP contribution is 2.37. The fourth-order valence-electron chi connectivity index (χ4n) is 3.68. The van der Waals surface area contributed by atoms with Gasteiger partial charge >= 0.3 is 0 Å². The molecule has 3 rings (SSSR count). The van der Waals surface area contributed by atoms with Crippen LogP contribution < -0.4 is 0 Å². The second-order valence-electron chi connectivity index (χ2n) is 6.52. The number of carbonyl (C=O) groups excluding carboxylic acids is 2. The van der Waals surface area contributed by atoms with E-state index < -0.39 is 5.92 Å². The minimum absolute atomic E-state index is 0.0749. The molecule has 0 saturated heterocycles. The van der Waals surface area contributed by atoms with E-state index in [-0.39, 0.29) is 23.1 Å². The van der Waals surface area contributed by atoms with E-state index in [1.807, 2.05) is 30.3 Å². The maximum Gasteiger partial charge on any atom is 0.162 e. The van der Waals surface area contributed by atoms with E-state index in [4.69, 9.17) is 0 Å². The molecule has 0 fully saturated rings. The summed E-state index contributed by atoms with van der Waals surface area (Å²) in [5, 5.41) is 20.7. The lowest BCUT2D eigenvalue weighted by Crippen LogP contribution is -2.28. The Bertz CT molecular complexity index is 670. The lowest BCUT2D eigenvalue weighted by molar-refractivity contribution is -0.117. The minimum Gasteiger partial charge on any atom is -0.512 e. The molecule has 0 aromatic heterocycles. The van der Waals surface area contributed by atoms with Crippen LogP contribution in [0, 0.1) is 5.92 Å². The second-order valence-corrected chi connectivity index (χ2v) is 6.52. The molecule has 0 aliphatic heterocycles. The summed E-state index contributed by atoms with van der Waals surface area (Å²) in [4.78, 5) is 24.9. The third-order valence-corrected chi connectivity index (χ3v) is 4.84. The van der Waals surface area contributed by atoms with Crippen molar-refractivity contribution in [2.24, 2.45) is 5.92 Å². The van der Waals surface area contributed by atoms with Gasteiger partial charge in [0.2, 0.25) is 0 Å². The highest BCUT2D eigenvalue weighted by molar-refractivity contribution is 6.03. The summed E-state index contributed by atoms with van der Waals surface area (Å²) in [6.07, 6.45) is 3.36. The highest BCUT2D eigenvalue weighted by atomic mass is 16.3. The van der Waals surface area contributed by atoms with Gasteiger partial charge in [0.1, 0.15) is 0 Å². The molecular formula is C20H22O4. The van der Waals surface area contributed by atoms with Crippen LogP contribution in [0.1, 0.15) is 44.1 Å². The van der Waals surface area contributed by atoms with Crippen LogP contribution in [0.5, 0.6) is 0 Å². The third kappa shape index (κ3) is 3.28. The maximum atomic E-state index is 12.5. The molecule has 24 heavy (non-hydrogen) atoms. The summed E-state index contributed by atoms with van der Waals surface area (Å²) in [5.74, 6) is -0.638. The average Bonchev–Trinajstić information content (AvgIpc) is 2.55. The Morgan fingerprint density at radius 3 is 1.75 bits per heavy atom. The first-order valence-corrected chi connectivity index (χ1v) is 8.52. The standard InChI is InChI=1S/C20H22O4/c21-15-8-4-9-16(22)19(15)14(12-13-6-2-1-3-7-13)20-17(23)10-5-11-18(20)24/h1-3,6-7,14,21,23H,4-5,8-12H2. The molecule has 0 radical (unpaired) electrons. The van der Waals surface area contributed by atoms with Crippen molar-refractivity contribution in [2.45, 2.75) is 44.9 Å². The first-order valence-electron chi connectivity index (χ1n) is 8.52. The van der Waals surface area contributed by atoms with Crippen LogP contribution in [0.15, 0.2) is 53.0 Å². The summed E-state index contributed by atoms with van der Waals surface area (Å²) >= 11 is 0. The number of ketones is 2. The Balaban J connectivity index is 2.07. The zero-order valence-corrected chi connectivity index (χ0v) is 13.6. The smallest absolute Gasteiger partial charge is 0.162 e. The van der Waals surface area contributed by atoms with Crippen molar-refractivity contribution < 1.29 is 19.8 Å². The van der Waals surface area contributed by atoms with Gasteiger partial charge in [-0.1, -0.05) is 30.3 Å². The van der Waals surface area contributed by atoms with Crippen molar-refractivity contribution in [1.82, 2.24) is 0 Å². The minimum atomic E-state index is -0.562. The van der Waals surface area contributed by atoms with Crippen LogP contribution in [0.2, 0.25) is 0 Å². The Hall–Kier alpha value is -2.36. The first kappa shape index (κ1) is 16.5. The van der Waals surface area contributed by atoms with Crippen LogP contribution in [-0.2, 0) is 16.0 Å². The third-order valence-electron chi connectivity index (χ3n) is 4.84. The largest absolute Gasteiger partial charge is 0.512 e. The Kier molecular flexibility index (Phi) is 4.84. The van der Waals surface area contributed by atoms with E-state index in [0.717, 1.165) is 5.56 Å². The van der Waals surface area contributed by atoms with Crippen LogP contribution in [0.25, 0.3) is 0 Å². The molecule has 1 aromatic carbocycles. The monoisotopic (exact) mass is 326 g/mol. The van der Waals surface area contributed by atoms with Gasteiger partial charge < -0.3 is 10.2 Å². The summed E-state index contributed by atoms with van der Waals surface area (Å²) in [7, 11) is 0. The van der Waals surface area contributed by atoms with Crippen molar-refractivity contribution in [2.75, 3.05) is 0 Å². The zero-order valence-electron chi connectivity index (χ0n) is 13.6. The average molecular weight is 326 g/mol. The van der Waals surface area contributed by atoms with E-state index in [2.05, 4.69) is 0 Å². The number of hydrogen-bond donors (Lipinski definition) is 2. The van der Waals surface area contributed by atoms with Crippen LogP contribution in [0.3, 0.4) is 0 Å². The van der Waals surface area contributed by atoms with Crippen LogP contribution in [-0.4, -0.2) is 21.8 Å². The van der Waals surface area contributed by atoms with E-state index in [1.54, 1.807) is 0 Å². The maximum absolute atomic E-state index is 12.5.